The van der Waals surface area contributed by atoms with E-state index in [0.29, 0.717) is 6.07 Å². The molecule has 0 aromatic heterocycles. The van der Waals surface area contributed by atoms with Gasteiger partial charge in [-0.25, -0.2) is 18.4 Å². The van der Waals surface area contributed by atoms with E-state index in [9.17, 15) is 18.4 Å². The van der Waals surface area contributed by atoms with Crippen molar-refractivity contribution in [2.24, 2.45) is 0 Å². The normalized spacial score (nSPS) is 10.1. The second-order valence-electron chi connectivity index (χ2n) is 5.40. The van der Waals surface area contributed by atoms with Gasteiger partial charge in [0, 0.05) is 6.07 Å². The maximum Gasteiger partial charge on any atom is 0.340 e. The Morgan fingerprint density at radius 1 is 0.929 bits per heavy atom. The minimum absolute atomic E-state index is 0.0573. The molecule has 0 atom stereocenters. The summed E-state index contributed by atoms with van der Waals surface area (Å²) in [6.07, 6.45) is 0. The zero-order valence-electron chi connectivity index (χ0n) is 15.2. The van der Waals surface area contributed by atoms with E-state index in [1.54, 1.807) is 13.8 Å². The molecule has 148 valence electrons. The highest BCUT2D eigenvalue weighted by atomic mass is 32.1. The van der Waals surface area contributed by atoms with Gasteiger partial charge in [-0.2, -0.15) is 0 Å². The standard InChI is InChI=1S/C19H18F2N2O4S/c1-3-26-17(24)11-5-7-13(18(25)27-4-2)16(9-11)23-19(28)22-15-8-6-12(20)10-14(15)21/h5-10H,3-4H2,1-2H3,(H2,22,23,28). The van der Waals surface area contributed by atoms with Crippen LogP contribution in [0.25, 0.3) is 0 Å². The molecule has 2 aromatic rings. The lowest BCUT2D eigenvalue weighted by Crippen LogP contribution is -2.22. The molecule has 0 spiro atoms. The number of ether oxygens (including phenoxy) is 2. The second-order valence-corrected chi connectivity index (χ2v) is 5.81. The van der Waals surface area contributed by atoms with E-state index in [4.69, 9.17) is 21.7 Å². The van der Waals surface area contributed by atoms with Crippen LogP contribution in [0.3, 0.4) is 0 Å². The van der Waals surface area contributed by atoms with Crippen LogP contribution in [0.5, 0.6) is 0 Å². The first kappa shape index (κ1) is 21.2. The molecule has 0 saturated carbocycles. The summed E-state index contributed by atoms with van der Waals surface area (Å²) in [5.41, 5.74) is 0.425. The van der Waals surface area contributed by atoms with E-state index in [1.165, 1.54) is 24.3 Å². The lowest BCUT2D eigenvalue weighted by Gasteiger charge is -2.15. The Morgan fingerprint density at radius 3 is 2.21 bits per heavy atom. The number of rotatable bonds is 6. The Labute approximate surface area is 165 Å². The molecule has 0 unspecified atom stereocenters. The molecule has 2 N–H and O–H groups in total. The lowest BCUT2D eigenvalue weighted by molar-refractivity contribution is 0.0512. The van der Waals surface area contributed by atoms with E-state index in [0.717, 1.165) is 6.07 Å². The van der Waals surface area contributed by atoms with Crippen LogP contribution in [-0.4, -0.2) is 30.3 Å². The summed E-state index contributed by atoms with van der Waals surface area (Å²) in [6, 6.07) is 7.15. The third kappa shape index (κ3) is 5.46. The van der Waals surface area contributed by atoms with Crippen LogP contribution in [-0.2, 0) is 9.47 Å². The van der Waals surface area contributed by atoms with E-state index in [2.05, 4.69) is 10.6 Å². The largest absolute Gasteiger partial charge is 0.462 e. The molecule has 0 fully saturated rings. The maximum atomic E-state index is 13.8. The van der Waals surface area contributed by atoms with E-state index in [-0.39, 0.29) is 40.8 Å². The smallest absolute Gasteiger partial charge is 0.340 e. The molecule has 0 bridgehead atoms. The van der Waals surface area contributed by atoms with Gasteiger partial charge in [0.25, 0.3) is 0 Å². The summed E-state index contributed by atoms with van der Waals surface area (Å²) >= 11 is 5.13. The van der Waals surface area contributed by atoms with Crippen LogP contribution in [0.1, 0.15) is 34.6 Å². The average molecular weight is 408 g/mol. The summed E-state index contributed by atoms with van der Waals surface area (Å²) in [5, 5.41) is 5.22. The number of carbonyl (C=O) groups is 2. The van der Waals surface area contributed by atoms with Gasteiger partial charge in [-0.05, 0) is 56.4 Å². The fraction of sp³-hybridized carbons (Fsp3) is 0.211. The number of anilines is 2. The van der Waals surface area contributed by atoms with Gasteiger partial charge in [0.15, 0.2) is 5.11 Å². The van der Waals surface area contributed by atoms with Gasteiger partial charge in [0.05, 0.1) is 35.7 Å². The van der Waals surface area contributed by atoms with Gasteiger partial charge in [0.1, 0.15) is 11.6 Å². The molecule has 0 heterocycles. The number of hydrogen-bond acceptors (Lipinski definition) is 5. The minimum atomic E-state index is -0.838. The number of esters is 2. The predicted octanol–water partition coefficient (Wildman–Crippen LogP) is 4.13. The van der Waals surface area contributed by atoms with Crippen LogP contribution in [0.4, 0.5) is 20.2 Å². The molecule has 0 saturated heterocycles. The van der Waals surface area contributed by atoms with Gasteiger partial charge in [-0.15, -0.1) is 0 Å². The summed E-state index contributed by atoms with van der Waals surface area (Å²) in [7, 11) is 0. The summed E-state index contributed by atoms with van der Waals surface area (Å²) < 4.78 is 36.7. The number of halogens is 2. The molecular weight excluding hydrogens is 390 g/mol. The molecule has 0 radical (unpaired) electrons. The van der Waals surface area contributed by atoms with Crippen molar-refractivity contribution in [3.05, 3.63) is 59.2 Å². The monoisotopic (exact) mass is 408 g/mol. The highest BCUT2D eigenvalue weighted by Gasteiger charge is 2.17. The predicted molar refractivity (Wildman–Crippen MR) is 105 cm³/mol. The highest BCUT2D eigenvalue weighted by molar-refractivity contribution is 7.80. The zero-order chi connectivity index (χ0) is 20.7. The van der Waals surface area contributed by atoms with Gasteiger partial charge in [-0.3, -0.25) is 0 Å². The van der Waals surface area contributed by atoms with Crippen LogP contribution in [0.15, 0.2) is 36.4 Å². The van der Waals surface area contributed by atoms with E-state index < -0.39 is 23.6 Å². The van der Waals surface area contributed by atoms with Crippen LogP contribution >= 0.6 is 12.2 Å². The number of thiocarbonyl (C=S) groups is 1. The van der Waals surface area contributed by atoms with Crippen molar-refractivity contribution in [2.75, 3.05) is 23.8 Å². The molecule has 0 aliphatic carbocycles. The van der Waals surface area contributed by atoms with Gasteiger partial charge in [0.2, 0.25) is 0 Å². The van der Waals surface area contributed by atoms with Crippen molar-refractivity contribution in [2.45, 2.75) is 13.8 Å². The van der Waals surface area contributed by atoms with Crippen molar-refractivity contribution < 1.29 is 27.8 Å². The molecule has 6 nitrogen and oxygen atoms in total. The Bertz CT molecular complexity index is 905. The number of carbonyl (C=O) groups excluding carboxylic acids is 2. The lowest BCUT2D eigenvalue weighted by atomic mass is 10.1. The van der Waals surface area contributed by atoms with Gasteiger partial charge >= 0.3 is 11.9 Å². The first-order valence-electron chi connectivity index (χ1n) is 8.37. The van der Waals surface area contributed by atoms with Crippen LogP contribution in [0.2, 0.25) is 0 Å². The van der Waals surface area contributed by atoms with Crippen molar-refractivity contribution in [1.82, 2.24) is 0 Å². The van der Waals surface area contributed by atoms with Crippen LogP contribution in [0, 0.1) is 11.6 Å². The fourth-order valence-electron chi connectivity index (χ4n) is 2.24. The molecule has 9 heteroatoms. The molecular formula is C19H18F2N2O4S. The molecule has 0 aliphatic rings. The number of nitrogens with one attached hydrogen (secondary N) is 2. The first-order chi connectivity index (χ1) is 13.3. The first-order valence-corrected chi connectivity index (χ1v) is 8.77. The van der Waals surface area contributed by atoms with Gasteiger partial charge in [-0.1, -0.05) is 0 Å². The Kier molecular flexibility index (Phi) is 7.39. The summed E-state index contributed by atoms with van der Waals surface area (Å²) in [4.78, 5) is 24.1. The topological polar surface area (TPSA) is 76.7 Å². The SMILES string of the molecule is CCOC(=O)c1ccc(C(=O)OCC)c(NC(=S)Nc2ccc(F)cc2F)c1. The summed E-state index contributed by atoms with van der Waals surface area (Å²) in [5.74, 6) is -2.77. The number of benzene rings is 2. The van der Waals surface area contributed by atoms with Crippen LogP contribution < -0.4 is 10.6 Å². The molecule has 0 aliphatic heterocycles. The van der Waals surface area contributed by atoms with Crippen molar-refractivity contribution in [1.29, 1.82) is 0 Å². The third-order valence-electron chi connectivity index (χ3n) is 3.45. The third-order valence-corrected chi connectivity index (χ3v) is 3.66. The zero-order valence-corrected chi connectivity index (χ0v) is 16.0. The highest BCUT2D eigenvalue weighted by Crippen LogP contribution is 2.21. The Morgan fingerprint density at radius 2 is 1.57 bits per heavy atom. The minimum Gasteiger partial charge on any atom is -0.462 e. The van der Waals surface area contributed by atoms with E-state index in [1.807, 2.05) is 0 Å². The van der Waals surface area contributed by atoms with Crippen molar-refractivity contribution >= 4 is 40.6 Å². The molecule has 2 rings (SSSR count). The Hall–Kier alpha value is -3.07. The fourth-order valence-corrected chi connectivity index (χ4v) is 2.46. The van der Waals surface area contributed by atoms with Crippen molar-refractivity contribution in [3.63, 3.8) is 0 Å². The second kappa shape index (κ2) is 9.75. The van der Waals surface area contributed by atoms with Crippen molar-refractivity contribution in [3.8, 4) is 0 Å². The van der Waals surface area contributed by atoms with E-state index >= 15 is 0 Å². The molecule has 0 amide bonds. The van der Waals surface area contributed by atoms with Gasteiger partial charge < -0.3 is 20.1 Å². The Balaban J connectivity index is 2.29. The quantitative estimate of drug-likeness (QED) is 0.550. The average Bonchev–Trinajstić information content (AvgIpc) is 2.64. The molecule has 28 heavy (non-hydrogen) atoms. The number of hydrogen-bond donors (Lipinski definition) is 2. The summed E-state index contributed by atoms with van der Waals surface area (Å²) in [6.45, 7) is 3.66. The molecule has 2 aromatic carbocycles. The maximum absolute atomic E-state index is 13.8.